The zero-order valence-corrected chi connectivity index (χ0v) is 9.39. The standard InChI is InChI=1S/C9H8ClNS2/c1-12-7-4-6(10)5-2-3-13-9(5)8(7)11/h2-4H,11H2,1H3. The van der Waals surface area contributed by atoms with Crippen LogP contribution in [0, 0.1) is 0 Å². The van der Waals surface area contributed by atoms with Gasteiger partial charge in [0.15, 0.2) is 0 Å². The topological polar surface area (TPSA) is 26.0 Å². The van der Waals surface area contributed by atoms with E-state index >= 15 is 0 Å². The van der Waals surface area contributed by atoms with E-state index in [1.807, 2.05) is 23.8 Å². The van der Waals surface area contributed by atoms with Gasteiger partial charge in [0, 0.05) is 10.3 Å². The van der Waals surface area contributed by atoms with Gasteiger partial charge in [0.05, 0.1) is 15.4 Å². The molecule has 4 heteroatoms. The third kappa shape index (κ3) is 1.41. The first-order valence-corrected chi connectivity index (χ1v) is 6.21. The second kappa shape index (κ2) is 3.40. The van der Waals surface area contributed by atoms with E-state index in [1.54, 1.807) is 23.1 Å². The van der Waals surface area contributed by atoms with Gasteiger partial charge < -0.3 is 5.73 Å². The van der Waals surface area contributed by atoms with Crippen LogP contribution in [0.5, 0.6) is 0 Å². The van der Waals surface area contributed by atoms with Gasteiger partial charge in [-0.25, -0.2) is 0 Å². The average molecular weight is 230 g/mol. The lowest BCUT2D eigenvalue weighted by Crippen LogP contribution is -1.88. The number of halogens is 1. The molecule has 13 heavy (non-hydrogen) atoms. The molecule has 1 aromatic carbocycles. The number of rotatable bonds is 1. The number of hydrogen-bond acceptors (Lipinski definition) is 3. The third-order valence-electron chi connectivity index (χ3n) is 1.91. The number of thioether (sulfide) groups is 1. The predicted octanol–water partition coefficient (Wildman–Crippen LogP) is 3.86. The fraction of sp³-hybridized carbons (Fsp3) is 0.111. The second-order valence-corrected chi connectivity index (χ2v) is 4.81. The highest BCUT2D eigenvalue weighted by Crippen LogP contribution is 2.38. The molecule has 0 unspecified atom stereocenters. The molecule has 0 bridgehead atoms. The Kier molecular flexibility index (Phi) is 2.41. The number of anilines is 1. The Balaban J connectivity index is 2.85. The lowest BCUT2D eigenvalue weighted by atomic mass is 10.2. The molecule has 0 fully saturated rings. The molecule has 2 N–H and O–H groups in total. The minimum absolute atomic E-state index is 0.787. The summed E-state index contributed by atoms with van der Waals surface area (Å²) in [5.74, 6) is 0. The summed E-state index contributed by atoms with van der Waals surface area (Å²) in [6, 6.07) is 3.93. The summed E-state index contributed by atoms with van der Waals surface area (Å²) in [5, 5.41) is 3.86. The van der Waals surface area contributed by atoms with Crippen LogP contribution in [-0.4, -0.2) is 6.26 Å². The van der Waals surface area contributed by atoms with Crippen LogP contribution in [0.4, 0.5) is 5.69 Å². The van der Waals surface area contributed by atoms with Crippen LogP contribution in [-0.2, 0) is 0 Å². The molecule has 2 rings (SSSR count). The Morgan fingerprint density at radius 3 is 3.00 bits per heavy atom. The largest absolute Gasteiger partial charge is 0.397 e. The molecule has 0 aliphatic heterocycles. The van der Waals surface area contributed by atoms with Crippen LogP contribution in [0.15, 0.2) is 22.4 Å². The Bertz CT molecular complexity index is 450. The summed E-state index contributed by atoms with van der Waals surface area (Å²) in [4.78, 5) is 1.06. The summed E-state index contributed by atoms with van der Waals surface area (Å²) in [5.41, 5.74) is 6.82. The van der Waals surface area contributed by atoms with Crippen LogP contribution >= 0.6 is 34.7 Å². The van der Waals surface area contributed by atoms with Crippen molar-refractivity contribution in [2.24, 2.45) is 0 Å². The molecule has 0 saturated heterocycles. The molecule has 0 aliphatic carbocycles. The Labute approximate surface area is 89.9 Å². The van der Waals surface area contributed by atoms with Gasteiger partial charge in [0.1, 0.15) is 0 Å². The minimum Gasteiger partial charge on any atom is -0.397 e. The van der Waals surface area contributed by atoms with Gasteiger partial charge in [0.25, 0.3) is 0 Å². The highest BCUT2D eigenvalue weighted by atomic mass is 35.5. The molecular formula is C9H8ClNS2. The van der Waals surface area contributed by atoms with Gasteiger partial charge in [-0.1, -0.05) is 11.6 Å². The molecule has 2 aromatic rings. The summed E-state index contributed by atoms with van der Waals surface area (Å²) < 4.78 is 1.09. The average Bonchev–Trinajstić information content (AvgIpc) is 2.60. The van der Waals surface area contributed by atoms with E-state index in [0.717, 1.165) is 25.7 Å². The van der Waals surface area contributed by atoms with Crippen LogP contribution in [0.25, 0.3) is 10.1 Å². The van der Waals surface area contributed by atoms with E-state index in [4.69, 9.17) is 17.3 Å². The quantitative estimate of drug-likeness (QED) is 0.594. The summed E-state index contributed by atoms with van der Waals surface area (Å²) in [7, 11) is 0. The molecule has 0 atom stereocenters. The van der Waals surface area contributed by atoms with Crippen LogP contribution < -0.4 is 5.73 Å². The van der Waals surface area contributed by atoms with E-state index in [-0.39, 0.29) is 0 Å². The molecule has 0 spiro atoms. The molecule has 1 aromatic heterocycles. The normalized spacial score (nSPS) is 10.9. The monoisotopic (exact) mass is 229 g/mol. The smallest absolute Gasteiger partial charge is 0.0634 e. The van der Waals surface area contributed by atoms with Crippen molar-refractivity contribution in [2.75, 3.05) is 12.0 Å². The number of fused-ring (bicyclic) bond motifs is 1. The molecule has 0 aliphatic rings. The predicted molar refractivity (Wildman–Crippen MR) is 63.0 cm³/mol. The minimum atomic E-state index is 0.787. The molecule has 1 heterocycles. The Hall–Kier alpha value is -0.380. The summed E-state index contributed by atoms with van der Waals surface area (Å²) in [6.45, 7) is 0. The van der Waals surface area contributed by atoms with Gasteiger partial charge >= 0.3 is 0 Å². The van der Waals surface area contributed by atoms with Crippen LogP contribution in [0.2, 0.25) is 5.02 Å². The van der Waals surface area contributed by atoms with E-state index in [0.29, 0.717) is 0 Å². The first kappa shape index (κ1) is 9.19. The molecular weight excluding hydrogens is 222 g/mol. The van der Waals surface area contributed by atoms with E-state index in [2.05, 4.69) is 0 Å². The highest BCUT2D eigenvalue weighted by Gasteiger charge is 2.08. The van der Waals surface area contributed by atoms with E-state index in [9.17, 15) is 0 Å². The van der Waals surface area contributed by atoms with Gasteiger partial charge in [-0.05, 0) is 23.8 Å². The lowest BCUT2D eigenvalue weighted by Gasteiger charge is -2.04. The maximum absolute atomic E-state index is 6.09. The van der Waals surface area contributed by atoms with Crippen molar-refractivity contribution in [1.82, 2.24) is 0 Å². The number of thiophene rings is 1. The van der Waals surface area contributed by atoms with Crippen molar-refractivity contribution >= 4 is 50.5 Å². The Morgan fingerprint density at radius 2 is 2.31 bits per heavy atom. The molecule has 0 amide bonds. The molecule has 0 radical (unpaired) electrons. The number of hydrogen-bond donors (Lipinski definition) is 1. The van der Waals surface area contributed by atoms with Crippen molar-refractivity contribution in [3.05, 3.63) is 22.5 Å². The van der Waals surface area contributed by atoms with Gasteiger partial charge in [0.2, 0.25) is 0 Å². The maximum atomic E-state index is 6.09. The lowest BCUT2D eigenvalue weighted by molar-refractivity contribution is 1.52. The third-order valence-corrected chi connectivity index (χ3v) is 3.95. The number of nitrogen functional groups attached to an aromatic ring is 1. The fourth-order valence-electron chi connectivity index (χ4n) is 1.26. The van der Waals surface area contributed by atoms with Crippen molar-refractivity contribution in [3.63, 3.8) is 0 Å². The first-order chi connectivity index (χ1) is 6.24. The van der Waals surface area contributed by atoms with Crippen molar-refractivity contribution in [1.29, 1.82) is 0 Å². The summed E-state index contributed by atoms with van der Waals surface area (Å²) in [6.07, 6.45) is 2.00. The summed E-state index contributed by atoms with van der Waals surface area (Å²) >= 11 is 9.35. The molecule has 1 nitrogen and oxygen atoms in total. The zero-order valence-electron chi connectivity index (χ0n) is 7.00. The van der Waals surface area contributed by atoms with Crippen LogP contribution in [0.1, 0.15) is 0 Å². The van der Waals surface area contributed by atoms with Crippen LogP contribution in [0.3, 0.4) is 0 Å². The van der Waals surface area contributed by atoms with Gasteiger partial charge in [-0.2, -0.15) is 0 Å². The molecule has 68 valence electrons. The zero-order chi connectivity index (χ0) is 9.42. The SMILES string of the molecule is CSc1cc(Cl)c2ccsc2c1N. The Morgan fingerprint density at radius 1 is 1.54 bits per heavy atom. The van der Waals surface area contributed by atoms with Crippen molar-refractivity contribution in [3.8, 4) is 0 Å². The number of benzene rings is 1. The highest BCUT2D eigenvalue weighted by molar-refractivity contribution is 7.98. The van der Waals surface area contributed by atoms with E-state index in [1.165, 1.54) is 0 Å². The van der Waals surface area contributed by atoms with Gasteiger partial charge in [-0.3, -0.25) is 0 Å². The fourth-order valence-corrected chi connectivity index (χ4v) is 3.15. The second-order valence-electron chi connectivity index (χ2n) is 2.64. The van der Waals surface area contributed by atoms with Gasteiger partial charge in [-0.15, -0.1) is 23.1 Å². The first-order valence-electron chi connectivity index (χ1n) is 3.73. The maximum Gasteiger partial charge on any atom is 0.0634 e. The van der Waals surface area contributed by atoms with Crippen molar-refractivity contribution < 1.29 is 0 Å². The van der Waals surface area contributed by atoms with Crippen molar-refractivity contribution in [2.45, 2.75) is 4.90 Å². The number of nitrogens with two attached hydrogens (primary N) is 1. The van der Waals surface area contributed by atoms with E-state index < -0.39 is 0 Å². The molecule has 0 saturated carbocycles.